The van der Waals surface area contributed by atoms with Crippen molar-refractivity contribution in [3.05, 3.63) is 58.1 Å². The van der Waals surface area contributed by atoms with Crippen LogP contribution in [-0.2, 0) is 20.0 Å². The Morgan fingerprint density at radius 2 is 1.43 bits per heavy atom. The molecule has 2 aromatic carbocycles. The number of nitrogens with one attached hydrogen (secondary N) is 1. The average Bonchev–Trinajstić information content (AvgIpc) is 2.61. The average molecular weight is 463 g/mol. The summed E-state index contributed by atoms with van der Waals surface area (Å²) in [5.74, 6) is 0. The van der Waals surface area contributed by atoms with Gasteiger partial charge in [0.15, 0.2) is 0 Å². The highest BCUT2D eigenvalue weighted by Crippen LogP contribution is 2.25. The van der Waals surface area contributed by atoms with Gasteiger partial charge in [0.25, 0.3) is 0 Å². The maximum atomic E-state index is 12.7. The Bertz CT molecular complexity index is 1040. The largest absolute Gasteiger partial charge is 0.243 e. The first-order valence-electron chi connectivity index (χ1n) is 8.63. The SMILES string of the molecule is Cc1ccc(S(=O)(=O)N2CCC(NS(=O)(=O)c3cc(Cl)cc(Cl)c3)CC2)cc1. The molecule has 1 N–H and O–H groups in total. The van der Waals surface area contributed by atoms with Gasteiger partial charge >= 0.3 is 0 Å². The monoisotopic (exact) mass is 462 g/mol. The number of sulfonamides is 2. The molecule has 0 amide bonds. The van der Waals surface area contributed by atoms with Crippen molar-refractivity contribution in [1.29, 1.82) is 0 Å². The zero-order chi connectivity index (χ0) is 20.5. The third-order valence-electron chi connectivity index (χ3n) is 4.58. The van der Waals surface area contributed by atoms with E-state index in [-0.39, 0.29) is 39.0 Å². The van der Waals surface area contributed by atoms with Crippen LogP contribution in [0.15, 0.2) is 52.3 Å². The summed E-state index contributed by atoms with van der Waals surface area (Å²) in [5, 5.41) is 0.457. The number of benzene rings is 2. The molecule has 2 aromatic rings. The minimum atomic E-state index is -3.80. The second kappa shape index (κ2) is 8.30. The first-order valence-corrected chi connectivity index (χ1v) is 12.3. The lowest BCUT2D eigenvalue weighted by molar-refractivity contribution is 0.308. The topological polar surface area (TPSA) is 83.6 Å². The molecule has 0 saturated carbocycles. The van der Waals surface area contributed by atoms with E-state index < -0.39 is 20.0 Å². The van der Waals surface area contributed by atoms with Crippen LogP contribution < -0.4 is 4.72 Å². The number of rotatable bonds is 5. The highest BCUT2D eigenvalue weighted by molar-refractivity contribution is 7.89. The van der Waals surface area contributed by atoms with Crippen molar-refractivity contribution >= 4 is 43.2 Å². The van der Waals surface area contributed by atoms with Gasteiger partial charge in [0, 0.05) is 29.2 Å². The third-order valence-corrected chi connectivity index (χ3v) is 8.43. The molecule has 3 rings (SSSR count). The molecule has 1 saturated heterocycles. The van der Waals surface area contributed by atoms with Gasteiger partial charge in [-0.15, -0.1) is 0 Å². The van der Waals surface area contributed by atoms with Crippen LogP contribution in [-0.4, -0.2) is 40.3 Å². The van der Waals surface area contributed by atoms with E-state index in [2.05, 4.69) is 4.72 Å². The second-order valence-corrected chi connectivity index (χ2v) is 11.2. The molecule has 1 aliphatic rings. The molecule has 10 heteroatoms. The van der Waals surface area contributed by atoms with Gasteiger partial charge in [0.1, 0.15) is 0 Å². The zero-order valence-corrected chi connectivity index (χ0v) is 18.2. The quantitative estimate of drug-likeness (QED) is 0.737. The van der Waals surface area contributed by atoms with Gasteiger partial charge < -0.3 is 0 Å². The van der Waals surface area contributed by atoms with Crippen LogP contribution in [0.5, 0.6) is 0 Å². The van der Waals surface area contributed by atoms with Crippen LogP contribution >= 0.6 is 23.2 Å². The fourth-order valence-electron chi connectivity index (χ4n) is 3.04. The van der Waals surface area contributed by atoms with Crippen LogP contribution in [0.4, 0.5) is 0 Å². The van der Waals surface area contributed by atoms with E-state index in [1.165, 1.54) is 22.5 Å². The Morgan fingerprint density at radius 3 is 1.96 bits per heavy atom. The molecule has 0 spiro atoms. The number of nitrogens with zero attached hydrogens (tertiary/aromatic N) is 1. The molecule has 6 nitrogen and oxygen atoms in total. The summed E-state index contributed by atoms with van der Waals surface area (Å²) < 4.78 is 54.6. The highest BCUT2D eigenvalue weighted by Gasteiger charge is 2.31. The lowest BCUT2D eigenvalue weighted by atomic mass is 10.1. The van der Waals surface area contributed by atoms with Gasteiger partial charge in [-0.2, -0.15) is 4.31 Å². The van der Waals surface area contributed by atoms with E-state index in [0.717, 1.165) is 5.56 Å². The smallest absolute Gasteiger partial charge is 0.208 e. The number of piperidine rings is 1. The summed E-state index contributed by atoms with van der Waals surface area (Å²) >= 11 is 11.8. The van der Waals surface area contributed by atoms with Gasteiger partial charge in [0.2, 0.25) is 20.0 Å². The van der Waals surface area contributed by atoms with E-state index >= 15 is 0 Å². The lowest BCUT2D eigenvalue weighted by Crippen LogP contribution is -2.46. The molecule has 0 unspecified atom stereocenters. The third kappa shape index (κ3) is 4.87. The number of hydrogen-bond acceptors (Lipinski definition) is 4. The summed E-state index contributed by atoms with van der Waals surface area (Å²) in [6.07, 6.45) is 0.747. The van der Waals surface area contributed by atoms with Crippen molar-refractivity contribution in [3.63, 3.8) is 0 Å². The lowest BCUT2D eigenvalue weighted by Gasteiger charge is -2.31. The van der Waals surface area contributed by atoms with Crippen molar-refractivity contribution in [2.24, 2.45) is 0 Å². The molecular weight excluding hydrogens is 443 g/mol. The standard InChI is InChI=1S/C18H20Cl2N2O4S2/c1-13-2-4-17(5-3-13)28(25,26)22-8-6-16(7-9-22)21-27(23,24)18-11-14(19)10-15(20)12-18/h2-5,10-12,16,21H,6-9H2,1H3. The van der Waals surface area contributed by atoms with Crippen LogP contribution in [0.2, 0.25) is 10.0 Å². The van der Waals surface area contributed by atoms with E-state index in [9.17, 15) is 16.8 Å². The van der Waals surface area contributed by atoms with Crippen LogP contribution in [0.25, 0.3) is 0 Å². The van der Waals surface area contributed by atoms with E-state index in [1.807, 2.05) is 6.92 Å². The fourth-order valence-corrected chi connectivity index (χ4v) is 6.54. The van der Waals surface area contributed by atoms with Crippen molar-refractivity contribution in [1.82, 2.24) is 9.03 Å². The minimum absolute atomic E-state index is 0.0142. The maximum absolute atomic E-state index is 12.7. The predicted molar refractivity (Wildman–Crippen MR) is 110 cm³/mol. The number of aryl methyl sites for hydroxylation is 1. The van der Waals surface area contributed by atoms with Crippen LogP contribution in [0, 0.1) is 6.92 Å². The summed E-state index contributed by atoms with van der Waals surface area (Å²) in [6, 6.07) is 10.4. The Labute approximate surface area is 175 Å². The molecule has 0 aliphatic carbocycles. The molecule has 1 heterocycles. The molecule has 1 fully saturated rings. The summed E-state index contributed by atoms with van der Waals surface area (Å²) in [7, 11) is -7.39. The van der Waals surface area contributed by atoms with Gasteiger partial charge in [-0.25, -0.2) is 21.6 Å². The normalized spacial score (nSPS) is 17.0. The molecule has 0 aromatic heterocycles. The van der Waals surface area contributed by atoms with Crippen LogP contribution in [0.3, 0.4) is 0 Å². The molecule has 1 aliphatic heterocycles. The Kier molecular flexibility index (Phi) is 6.38. The molecule has 152 valence electrons. The second-order valence-electron chi connectivity index (χ2n) is 6.72. The van der Waals surface area contributed by atoms with E-state index in [1.54, 1.807) is 24.3 Å². The first kappa shape index (κ1) is 21.5. The van der Waals surface area contributed by atoms with Crippen molar-refractivity contribution in [2.75, 3.05) is 13.1 Å². The Hall–Kier alpha value is -1.16. The number of halogens is 2. The molecular formula is C18H20Cl2N2O4S2. The van der Waals surface area contributed by atoms with E-state index in [4.69, 9.17) is 23.2 Å². The van der Waals surface area contributed by atoms with Gasteiger partial charge in [-0.1, -0.05) is 40.9 Å². The fraction of sp³-hybridized carbons (Fsp3) is 0.333. The van der Waals surface area contributed by atoms with Gasteiger partial charge in [0.05, 0.1) is 9.79 Å². The van der Waals surface area contributed by atoms with E-state index in [0.29, 0.717) is 12.8 Å². The Morgan fingerprint density at radius 1 is 0.893 bits per heavy atom. The first-order chi connectivity index (χ1) is 13.1. The highest BCUT2D eigenvalue weighted by atomic mass is 35.5. The summed E-state index contributed by atoms with van der Waals surface area (Å²) in [6.45, 7) is 2.36. The molecule has 0 atom stereocenters. The van der Waals surface area contributed by atoms with Crippen molar-refractivity contribution in [3.8, 4) is 0 Å². The maximum Gasteiger partial charge on any atom is 0.243 e. The predicted octanol–water partition coefficient (Wildman–Crippen LogP) is 3.43. The van der Waals surface area contributed by atoms with Gasteiger partial charge in [-0.05, 0) is 50.1 Å². The van der Waals surface area contributed by atoms with Crippen molar-refractivity contribution in [2.45, 2.75) is 35.6 Å². The summed E-state index contributed by atoms with van der Waals surface area (Å²) in [5.41, 5.74) is 0.980. The number of hydrogen-bond donors (Lipinski definition) is 1. The van der Waals surface area contributed by atoms with Gasteiger partial charge in [-0.3, -0.25) is 0 Å². The Balaban J connectivity index is 1.67. The molecule has 0 bridgehead atoms. The zero-order valence-electron chi connectivity index (χ0n) is 15.1. The summed E-state index contributed by atoms with van der Waals surface area (Å²) in [4.78, 5) is 0.227. The molecule has 0 radical (unpaired) electrons. The molecule has 28 heavy (non-hydrogen) atoms. The minimum Gasteiger partial charge on any atom is -0.208 e. The van der Waals surface area contributed by atoms with Crippen molar-refractivity contribution < 1.29 is 16.8 Å². The van der Waals surface area contributed by atoms with Crippen LogP contribution in [0.1, 0.15) is 18.4 Å².